The summed E-state index contributed by atoms with van der Waals surface area (Å²) in [4.78, 5) is 12.1. The van der Waals surface area contributed by atoms with Crippen molar-refractivity contribution < 1.29 is 18.0 Å². The lowest BCUT2D eigenvalue weighted by Gasteiger charge is -2.24. The van der Waals surface area contributed by atoms with Gasteiger partial charge in [-0.2, -0.15) is 13.2 Å². The van der Waals surface area contributed by atoms with Crippen LogP contribution >= 0.6 is 0 Å². The number of hydrogen-bond donors (Lipinski definition) is 2. The molecule has 0 aliphatic carbocycles. The zero-order valence-electron chi connectivity index (χ0n) is 11.8. The Morgan fingerprint density at radius 2 is 1.95 bits per heavy atom. The summed E-state index contributed by atoms with van der Waals surface area (Å²) in [6.07, 6.45) is -1.46. The van der Waals surface area contributed by atoms with Gasteiger partial charge < -0.3 is 10.6 Å². The summed E-state index contributed by atoms with van der Waals surface area (Å²) in [5.74, 6) is -0.0953. The van der Waals surface area contributed by atoms with Gasteiger partial charge in [0.15, 0.2) is 0 Å². The van der Waals surface area contributed by atoms with Crippen LogP contribution < -0.4 is 10.6 Å². The first-order valence-electron chi connectivity index (χ1n) is 7.09. The van der Waals surface area contributed by atoms with Crippen molar-refractivity contribution in [2.45, 2.75) is 44.4 Å². The number of halogens is 3. The monoisotopic (exact) mass is 300 g/mol. The molecule has 1 saturated heterocycles. The van der Waals surface area contributed by atoms with Crippen LogP contribution in [-0.2, 0) is 11.0 Å². The lowest BCUT2D eigenvalue weighted by molar-refractivity contribution is -0.137. The molecule has 1 aliphatic rings. The number of amides is 1. The van der Waals surface area contributed by atoms with Crippen LogP contribution in [0.2, 0.25) is 0 Å². The molecule has 1 unspecified atom stereocenters. The minimum absolute atomic E-state index is 0.0953. The molecule has 0 saturated carbocycles. The van der Waals surface area contributed by atoms with E-state index in [-0.39, 0.29) is 18.0 Å². The quantitative estimate of drug-likeness (QED) is 0.901. The highest BCUT2D eigenvalue weighted by Gasteiger charge is 2.30. The number of carbonyl (C=O) groups is 1. The fraction of sp³-hybridized carbons (Fsp3) is 0.533. The highest BCUT2D eigenvalue weighted by Crippen LogP contribution is 2.29. The third-order valence-corrected chi connectivity index (χ3v) is 3.72. The lowest BCUT2D eigenvalue weighted by atomic mass is 10.0. The zero-order chi connectivity index (χ0) is 15.5. The van der Waals surface area contributed by atoms with Gasteiger partial charge in [-0.25, -0.2) is 0 Å². The molecule has 1 aromatic carbocycles. The minimum atomic E-state index is -4.34. The number of hydrogen-bond acceptors (Lipinski definition) is 2. The Morgan fingerprint density at radius 1 is 1.29 bits per heavy atom. The Bertz CT molecular complexity index is 479. The van der Waals surface area contributed by atoms with Crippen LogP contribution in [0.5, 0.6) is 0 Å². The van der Waals surface area contributed by atoms with E-state index in [2.05, 4.69) is 10.6 Å². The van der Waals surface area contributed by atoms with Crippen molar-refractivity contribution in [1.29, 1.82) is 0 Å². The molecule has 0 radical (unpaired) electrons. The maximum Gasteiger partial charge on any atom is 0.416 e. The van der Waals surface area contributed by atoms with E-state index < -0.39 is 11.7 Å². The Morgan fingerprint density at radius 3 is 2.48 bits per heavy atom. The van der Waals surface area contributed by atoms with Gasteiger partial charge in [-0.05, 0) is 44.0 Å². The number of carbonyl (C=O) groups excluding carboxylic acids is 1. The van der Waals surface area contributed by atoms with Crippen molar-refractivity contribution in [3.05, 3.63) is 35.4 Å². The summed E-state index contributed by atoms with van der Waals surface area (Å²) in [6, 6.07) is 4.37. The molecule has 116 valence electrons. The van der Waals surface area contributed by atoms with E-state index in [1.54, 1.807) is 6.92 Å². The van der Waals surface area contributed by atoms with E-state index in [9.17, 15) is 18.0 Å². The second kappa shape index (κ2) is 6.47. The van der Waals surface area contributed by atoms with Crippen LogP contribution in [-0.4, -0.2) is 18.5 Å². The van der Waals surface area contributed by atoms with E-state index in [0.29, 0.717) is 5.56 Å². The second-order valence-electron chi connectivity index (χ2n) is 5.35. The molecule has 1 amide bonds. The molecular formula is C15H19F3N2O. The van der Waals surface area contributed by atoms with Gasteiger partial charge in [-0.1, -0.05) is 18.6 Å². The van der Waals surface area contributed by atoms with Gasteiger partial charge in [0.2, 0.25) is 5.91 Å². The number of rotatable bonds is 3. The largest absolute Gasteiger partial charge is 0.416 e. The predicted molar refractivity (Wildman–Crippen MR) is 73.6 cm³/mol. The molecular weight excluding hydrogens is 281 g/mol. The summed E-state index contributed by atoms with van der Waals surface area (Å²) < 4.78 is 37.5. The van der Waals surface area contributed by atoms with Gasteiger partial charge in [0.25, 0.3) is 0 Å². The summed E-state index contributed by atoms with van der Waals surface area (Å²) in [7, 11) is 0. The molecule has 21 heavy (non-hydrogen) atoms. The lowest BCUT2D eigenvalue weighted by Crippen LogP contribution is -2.47. The smallest absolute Gasteiger partial charge is 0.348 e. The Hall–Kier alpha value is -1.56. The first-order chi connectivity index (χ1) is 9.88. The minimum Gasteiger partial charge on any atom is -0.348 e. The molecule has 1 heterocycles. The van der Waals surface area contributed by atoms with Crippen LogP contribution in [0.1, 0.15) is 43.4 Å². The molecule has 2 N–H and O–H groups in total. The van der Waals surface area contributed by atoms with E-state index in [1.807, 2.05) is 0 Å². The summed E-state index contributed by atoms with van der Waals surface area (Å²) in [5, 5.41) is 5.99. The molecule has 3 nitrogen and oxygen atoms in total. The Balaban J connectivity index is 1.96. The molecule has 1 aromatic rings. The Labute approximate surface area is 121 Å². The average Bonchev–Trinajstić information content (AvgIpc) is 2.47. The summed E-state index contributed by atoms with van der Waals surface area (Å²) >= 11 is 0. The van der Waals surface area contributed by atoms with Crippen LogP contribution in [0, 0.1) is 0 Å². The van der Waals surface area contributed by atoms with Crippen molar-refractivity contribution >= 4 is 5.91 Å². The maximum absolute atomic E-state index is 12.5. The van der Waals surface area contributed by atoms with E-state index in [0.717, 1.165) is 37.9 Å². The molecule has 1 fully saturated rings. The molecule has 2 atom stereocenters. The maximum atomic E-state index is 12.5. The Kier molecular flexibility index (Phi) is 4.88. The van der Waals surface area contributed by atoms with Gasteiger partial charge in [0.05, 0.1) is 17.6 Å². The SMILES string of the molecule is CC(NC(=O)[C@@H]1CCCCN1)c1ccc(C(F)(F)F)cc1. The fourth-order valence-electron chi connectivity index (χ4n) is 2.43. The molecule has 2 rings (SSSR count). The van der Waals surface area contributed by atoms with Gasteiger partial charge in [-0.15, -0.1) is 0 Å². The van der Waals surface area contributed by atoms with Crippen LogP contribution in [0.4, 0.5) is 13.2 Å². The van der Waals surface area contributed by atoms with Crippen molar-refractivity contribution in [2.24, 2.45) is 0 Å². The van der Waals surface area contributed by atoms with Crippen LogP contribution in [0.3, 0.4) is 0 Å². The molecule has 1 aliphatic heterocycles. The van der Waals surface area contributed by atoms with Crippen molar-refractivity contribution in [3.8, 4) is 0 Å². The molecule has 0 bridgehead atoms. The normalized spacial score (nSPS) is 20.9. The summed E-state index contributed by atoms with van der Waals surface area (Å²) in [6.45, 7) is 2.59. The third kappa shape index (κ3) is 4.20. The third-order valence-electron chi connectivity index (χ3n) is 3.72. The van der Waals surface area contributed by atoms with E-state index in [1.165, 1.54) is 12.1 Å². The van der Waals surface area contributed by atoms with Gasteiger partial charge >= 0.3 is 6.18 Å². The number of benzene rings is 1. The second-order valence-corrected chi connectivity index (χ2v) is 5.35. The van der Waals surface area contributed by atoms with E-state index in [4.69, 9.17) is 0 Å². The van der Waals surface area contributed by atoms with Gasteiger partial charge in [0, 0.05) is 0 Å². The molecule has 6 heteroatoms. The van der Waals surface area contributed by atoms with Gasteiger partial charge in [-0.3, -0.25) is 4.79 Å². The van der Waals surface area contributed by atoms with Crippen molar-refractivity contribution in [2.75, 3.05) is 6.54 Å². The zero-order valence-corrected chi connectivity index (χ0v) is 11.8. The van der Waals surface area contributed by atoms with Crippen LogP contribution in [0.25, 0.3) is 0 Å². The molecule has 0 spiro atoms. The topological polar surface area (TPSA) is 41.1 Å². The fourth-order valence-corrected chi connectivity index (χ4v) is 2.43. The van der Waals surface area contributed by atoms with Crippen molar-refractivity contribution in [3.63, 3.8) is 0 Å². The van der Waals surface area contributed by atoms with Gasteiger partial charge in [0.1, 0.15) is 0 Å². The molecule has 0 aromatic heterocycles. The summed E-state index contributed by atoms with van der Waals surface area (Å²) in [5.41, 5.74) is -0.0223. The number of piperidine rings is 1. The van der Waals surface area contributed by atoms with E-state index >= 15 is 0 Å². The highest BCUT2D eigenvalue weighted by molar-refractivity contribution is 5.82. The van der Waals surface area contributed by atoms with Crippen molar-refractivity contribution in [1.82, 2.24) is 10.6 Å². The predicted octanol–water partition coefficient (Wildman–Crippen LogP) is 3.02. The first kappa shape index (κ1) is 15.8. The van der Waals surface area contributed by atoms with Crippen LogP contribution in [0.15, 0.2) is 24.3 Å². The number of nitrogens with one attached hydrogen (secondary N) is 2. The highest BCUT2D eigenvalue weighted by atomic mass is 19.4. The number of alkyl halides is 3. The standard InChI is InChI=1S/C15H19F3N2O/c1-10(20-14(21)13-4-2-3-9-19-13)11-5-7-12(8-6-11)15(16,17)18/h5-8,10,13,19H,2-4,9H2,1H3,(H,20,21)/t10?,13-/m0/s1. The average molecular weight is 300 g/mol. The first-order valence-corrected chi connectivity index (χ1v) is 7.09.